The molecule has 182 valence electrons. The standard InChI is InChI=1S/C28H36N2O4/c1-7-29(8-2)15-16-30-25(21-11-9-19(5)10-12-21)24(27(32)28(30)33)26(31)22-13-14-23(20(6)17-22)34-18(3)4/h9-14,17-18,25,31H,7-8,15-16H2,1-6H3. The van der Waals surface area contributed by atoms with Gasteiger partial charge in [0.15, 0.2) is 0 Å². The predicted octanol–water partition coefficient (Wildman–Crippen LogP) is 4.85. The van der Waals surface area contributed by atoms with E-state index in [4.69, 9.17) is 4.74 Å². The first-order valence-electron chi connectivity index (χ1n) is 12.0. The number of ether oxygens (including phenoxy) is 1. The topological polar surface area (TPSA) is 70.1 Å². The molecule has 0 bridgehead atoms. The van der Waals surface area contributed by atoms with Crippen LogP contribution in [-0.4, -0.2) is 58.9 Å². The number of aliphatic hydroxyl groups is 1. The van der Waals surface area contributed by atoms with E-state index in [0.717, 1.165) is 35.5 Å². The molecule has 6 heteroatoms. The maximum Gasteiger partial charge on any atom is 0.295 e. The lowest BCUT2D eigenvalue weighted by molar-refractivity contribution is -0.140. The minimum atomic E-state index is -0.650. The predicted molar refractivity (Wildman–Crippen MR) is 135 cm³/mol. The van der Waals surface area contributed by atoms with Crippen molar-refractivity contribution in [1.29, 1.82) is 0 Å². The van der Waals surface area contributed by atoms with Crippen LogP contribution in [0.1, 0.15) is 56.0 Å². The number of likely N-dealkylation sites (N-methyl/N-ethyl adjacent to an activating group) is 1. The van der Waals surface area contributed by atoms with Gasteiger partial charge in [-0.25, -0.2) is 0 Å². The number of likely N-dealkylation sites (tertiary alicyclic amines) is 1. The van der Waals surface area contributed by atoms with Crippen LogP contribution in [0.5, 0.6) is 5.75 Å². The molecular formula is C28H36N2O4. The molecular weight excluding hydrogens is 428 g/mol. The Labute approximate surface area is 202 Å². The Hall–Kier alpha value is -3.12. The first-order chi connectivity index (χ1) is 16.2. The molecule has 1 atom stereocenters. The van der Waals surface area contributed by atoms with Crippen molar-refractivity contribution in [2.75, 3.05) is 26.2 Å². The molecule has 1 saturated heterocycles. The molecule has 1 fully saturated rings. The molecule has 1 amide bonds. The summed E-state index contributed by atoms with van der Waals surface area (Å²) in [6.07, 6.45) is 0.0239. The van der Waals surface area contributed by atoms with Crippen molar-refractivity contribution < 1.29 is 19.4 Å². The zero-order valence-electron chi connectivity index (χ0n) is 21.1. The van der Waals surface area contributed by atoms with Gasteiger partial charge in [0.2, 0.25) is 0 Å². The monoisotopic (exact) mass is 464 g/mol. The molecule has 2 aromatic rings. The van der Waals surface area contributed by atoms with Crippen LogP contribution in [0.4, 0.5) is 0 Å². The van der Waals surface area contributed by atoms with E-state index in [-0.39, 0.29) is 17.4 Å². The zero-order chi connectivity index (χ0) is 25.0. The average Bonchev–Trinajstić information content (AvgIpc) is 3.05. The van der Waals surface area contributed by atoms with Crippen molar-refractivity contribution in [2.45, 2.75) is 53.7 Å². The Kier molecular flexibility index (Phi) is 8.15. The Bertz CT molecular complexity index is 1070. The first kappa shape index (κ1) is 25.5. The van der Waals surface area contributed by atoms with Crippen LogP contribution < -0.4 is 4.74 Å². The van der Waals surface area contributed by atoms with Gasteiger partial charge in [-0.3, -0.25) is 9.59 Å². The quantitative estimate of drug-likeness (QED) is 0.326. The summed E-state index contributed by atoms with van der Waals surface area (Å²) in [4.78, 5) is 30.1. The Morgan fingerprint density at radius 3 is 2.26 bits per heavy atom. The van der Waals surface area contributed by atoms with Crippen LogP contribution in [0.25, 0.3) is 5.76 Å². The van der Waals surface area contributed by atoms with Gasteiger partial charge < -0.3 is 19.6 Å². The first-order valence-corrected chi connectivity index (χ1v) is 12.0. The Morgan fingerprint density at radius 1 is 1.06 bits per heavy atom. The molecule has 0 aromatic heterocycles. The van der Waals surface area contributed by atoms with E-state index in [1.807, 2.05) is 52.0 Å². The second kappa shape index (κ2) is 10.9. The molecule has 1 heterocycles. The van der Waals surface area contributed by atoms with Gasteiger partial charge in [0.25, 0.3) is 11.7 Å². The van der Waals surface area contributed by atoms with Crippen LogP contribution in [0.15, 0.2) is 48.0 Å². The van der Waals surface area contributed by atoms with E-state index >= 15 is 0 Å². The summed E-state index contributed by atoms with van der Waals surface area (Å²) >= 11 is 0. The van der Waals surface area contributed by atoms with Crippen molar-refractivity contribution in [3.63, 3.8) is 0 Å². The largest absolute Gasteiger partial charge is 0.507 e. The fourth-order valence-corrected chi connectivity index (χ4v) is 4.33. The highest BCUT2D eigenvalue weighted by molar-refractivity contribution is 6.46. The molecule has 0 radical (unpaired) electrons. The van der Waals surface area contributed by atoms with Gasteiger partial charge in [-0.2, -0.15) is 0 Å². The molecule has 1 aliphatic heterocycles. The number of aliphatic hydroxyl groups excluding tert-OH is 1. The minimum Gasteiger partial charge on any atom is -0.507 e. The van der Waals surface area contributed by atoms with Crippen LogP contribution in [0, 0.1) is 13.8 Å². The van der Waals surface area contributed by atoms with Crippen LogP contribution in [0.3, 0.4) is 0 Å². The number of benzene rings is 2. The molecule has 0 aliphatic carbocycles. The molecule has 34 heavy (non-hydrogen) atoms. The average molecular weight is 465 g/mol. The van der Waals surface area contributed by atoms with Crippen molar-refractivity contribution in [3.8, 4) is 5.75 Å². The van der Waals surface area contributed by atoms with Crippen molar-refractivity contribution in [2.24, 2.45) is 0 Å². The number of amides is 1. The highest BCUT2D eigenvalue weighted by Gasteiger charge is 2.45. The van der Waals surface area contributed by atoms with Crippen molar-refractivity contribution in [1.82, 2.24) is 9.80 Å². The van der Waals surface area contributed by atoms with E-state index in [0.29, 0.717) is 18.7 Å². The minimum absolute atomic E-state index is 0.0239. The Morgan fingerprint density at radius 2 is 1.71 bits per heavy atom. The number of hydrogen-bond acceptors (Lipinski definition) is 5. The van der Waals surface area contributed by atoms with Gasteiger partial charge >= 0.3 is 0 Å². The summed E-state index contributed by atoms with van der Waals surface area (Å²) in [5, 5.41) is 11.3. The lowest BCUT2D eigenvalue weighted by Gasteiger charge is -2.28. The molecule has 1 N–H and O–H groups in total. The third kappa shape index (κ3) is 5.33. The van der Waals surface area contributed by atoms with E-state index in [1.165, 1.54) is 0 Å². The van der Waals surface area contributed by atoms with E-state index < -0.39 is 17.7 Å². The summed E-state index contributed by atoms with van der Waals surface area (Å²) in [5.74, 6) is -0.659. The zero-order valence-corrected chi connectivity index (χ0v) is 21.1. The smallest absolute Gasteiger partial charge is 0.295 e. The third-order valence-electron chi connectivity index (χ3n) is 6.30. The molecule has 0 spiro atoms. The molecule has 3 rings (SSSR count). The number of aryl methyl sites for hydroxylation is 2. The summed E-state index contributed by atoms with van der Waals surface area (Å²) < 4.78 is 5.81. The molecule has 1 unspecified atom stereocenters. The summed E-state index contributed by atoms with van der Waals surface area (Å²) in [6, 6.07) is 12.5. The fraction of sp³-hybridized carbons (Fsp3) is 0.429. The van der Waals surface area contributed by atoms with Crippen molar-refractivity contribution in [3.05, 3.63) is 70.3 Å². The van der Waals surface area contributed by atoms with Crippen LogP contribution in [0.2, 0.25) is 0 Å². The molecule has 0 saturated carbocycles. The number of carbonyl (C=O) groups is 2. The normalized spacial score (nSPS) is 17.8. The van der Waals surface area contributed by atoms with Gasteiger partial charge in [0.1, 0.15) is 11.5 Å². The molecule has 6 nitrogen and oxygen atoms in total. The summed E-state index contributed by atoms with van der Waals surface area (Å²) in [7, 11) is 0. The third-order valence-corrected chi connectivity index (χ3v) is 6.30. The number of hydrogen-bond donors (Lipinski definition) is 1. The van der Waals surface area contributed by atoms with Crippen LogP contribution in [-0.2, 0) is 9.59 Å². The second-order valence-electron chi connectivity index (χ2n) is 9.08. The van der Waals surface area contributed by atoms with Gasteiger partial charge in [-0.1, -0.05) is 43.7 Å². The SMILES string of the molecule is CCN(CC)CCN1C(=O)C(=O)C(=C(O)c2ccc(OC(C)C)c(C)c2)C1c1ccc(C)cc1. The van der Waals surface area contributed by atoms with E-state index in [9.17, 15) is 14.7 Å². The fourth-order valence-electron chi connectivity index (χ4n) is 4.33. The number of ketones is 1. The van der Waals surface area contributed by atoms with E-state index in [2.05, 4.69) is 18.7 Å². The Balaban J connectivity index is 2.08. The lowest BCUT2D eigenvalue weighted by atomic mass is 9.94. The van der Waals surface area contributed by atoms with Crippen molar-refractivity contribution >= 4 is 17.4 Å². The maximum atomic E-state index is 13.2. The number of carbonyl (C=O) groups excluding carboxylic acids is 2. The van der Waals surface area contributed by atoms with E-state index in [1.54, 1.807) is 23.1 Å². The summed E-state index contributed by atoms with van der Waals surface area (Å²) in [6.45, 7) is 14.7. The highest BCUT2D eigenvalue weighted by atomic mass is 16.5. The number of nitrogens with zero attached hydrogens (tertiary/aromatic N) is 2. The highest BCUT2D eigenvalue weighted by Crippen LogP contribution is 2.39. The lowest BCUT2D eigenvalue weighted by Crippen LogP contribution is -2.38. The number of Topliss-reactive ketones (excluding diaryl/α,β-unsaturated/α-hetero) is 1. The van der Waals surface area contributed by atoms with Gasteiger partial charge in [0, 0.05) is 18.7 Å². The van der Waals surface area contributed by atoms with Gasteiger partial charge in [-0.05, 0) is 70.1 Å². The van der Waals surface area contributed by atoms with Gasteiger partial charge in [-0.15, -0.1) is 0 Å². The molecule has 1 aliphatic rings. The van der Waals surface area contributed by atoms with Gasteiger partial charge in [0.05, 0.1) is 17.7 Å². The molecule has 2 aromatic carbocycles. The maximum absolute atomic E-state index is 13.2. The van der Waals surface area contributed by atoms with Crippen LogP contribution >= 0.6 is 0 Å². The second-order valence-corrected chi connectivity index (χ2v) is 9.08. The summed E-state index contributed by atoms with van der Waals surface area (Å²) in [5.41, 5.74) is 3.36. The number of rotatable bonds is 9.